The molecular weight excluding hydrogens is 260 g/mol. The standard InChI is InChI=1S/C18H24N2O/c1-8-19-17-14(11(2)3)9-15(12(4)5)18(20-10-21)16(17)13(6)7/h9,11-13H,1H2,2-7H3. The summed E-state index contributed by atoms with van der Waals surface area (Å²) in [5.74, 6) is 3.41. The maximum Gasteiger partial charge on any atom is 0.240 e. The van der Waals surface area contributed by atoms with Crippen molar-refractivity contribution in [1.82, 2.24) is 0 Å². The topological polar surface area (TPSA) is 41.8 Å². The molecule has 0 unspecified atom stereocenters. The summed E-state index contributed by atoms with van der Waals surface area (Å²) in [4.78, 5) is 19.2. The first-order chi connectivity index (χ1) is 9.84. The Bertz CT molecular complexity index is 566. The maximum absolute atomic E-state index is 10.9. The summed E-state index contributed by atoms with van der Waals surface area (Å²) in [6.45, 7) is 16.2. The number of rotatable bonds is 5. The lowest BCUT2D eigenvalue weighted by Gasteiger charge is -2.22. The van der Waals surface area contributed by atoms with Gasteiger partial charge in [-0.3, -0.25) is 0 Å². The molecule has 0 aliphatic carbocycles. The summed E-state index contributed by atoms with van der Waals surface area (Å²) >= 11 is 0. The fourth-order valence-corrected chi connectivity index (χ4v) is 2.53. The zero-order valence-corrected chi connectivity index (χ0v) is 13.8. The van der Waals surface area contributed by atoms with Crippen LogP contribution in [0, 0.1) is 0 Å². The predicted molar refractivity (Wildman–Crippen MR) is 89.2 cm³/mol. The van der Waals surface area contributed by atoms with Crippen LogP contribution in [0.15, 0.2) is 22.6 Å². The van der Waals surface area contributed by atoms with Crippen molar-refractivity contribution in [2.45, 2.75) is 59.3 Å². The molecule has 3 nitrogen and oxygen atoms in total. The molecule has 0 bridgehead atoms. The summed E-state index contributed by atoms with van der Waals surface area (Å²) in [6.07, 6.45) is 1.69. The van der Waals surface area contributed by atoms with Crippen molar-refractivity contribution in [1.29, 1.82) is 0 Å². The number of benzene rings is 1. The molecule has 0 fully saturated rings. The van der Waals surface area contributed by atoms with Gasteiger partial charge in [0.2, 0.25) is 6.08 Å². The monoisotopic (exact) mass is 284 g/mol. The Balaban J connectivity index is 3.97. The third-order valence-corrected chi connectivity index (χ3v) is 3.54. The van der Waals surface area contributed by atoms with Gasteiger partial charge in [0, 0.05) is 5.56 Å². The molecule has 3 heteroatoms. The van der Waals surface area contributed by atoms with Crippen LogP contribution in [0.4, 0.5) is 11.4 Å². The molecule has 0 aromatic heterocycles. The molecule has 0 heterocycles. The van der Waals surface area contributed by atoms with E-state index in [2.05, 4.69) is 70.0 Å². The highest BCUT2D eigenvalue weighted by Crippen LogP contribution is 2.45. The van der Waals surface area contributed by atoms with Gasteiger partial charge in [0.1, 0.15) is 0 Å². The minimum Gasteiger partial charge on any atom is -0.211 e. The smallest absolute Gasteiger partial charge is 0.211 e. The SMILES string of the molecule is C=C=Nc1c(C(C)C)cc(C(C)C)c(N=C=O)c1C(C)C. The van der Waals surface area contributed by atoms with Gasteiger partial charge >= 0.3 is 0 Å². The lowest BCUT2D eigenvalue weighted by molar-refractivity contribution is 0.565. The van der Waals surface area contributed by atoms with Gasteiger partial charge in [-0.1, -0.05) is 47.6 Å². The van der Waals surface area contributed by atoms with E-state index in [1.54, 1.807) is 6.08 Å². The van der Waals surface area contributed by atoms with Gasteiger partial charge < -0.3 is 0 Å². The number of carbonyl (C=O) groups excluding carboxylic acids is 1. The normalized spacial score (nSPS) is 10.7. The molecule has 0 aliphatic rings. The van der Waals surface area contributed by atoms with Crippen molar-refractivity contribution in [3.8, 4) is 0 Å². The first kappa shape index (κ1) is 17.1. The Kier molecular flexibility index (Phi) is 5.84. The molecule has 0 aliphatic heterocycles. The molecule has 21 heavy (non-hydrogen) atoms. The van der Waals surface area contributed by atoms with Gasteiger partial charge in [0.25, 0.3) is 0 Å². The lowest BCUT2D eigenvalue weighted by atomic mass is 9.85. The van der Waals surface area contributed by atoms with E-state index < -0.39 is 0 Å². The second-order valence-electron chi connectivity index (χ2n) is 6.10. The van der Waals surface area contributed by atoms with Crippen LogP contribution in [0.1, 0.15) is 76.0 Å². The minimum atomic E-state index is 0.195. The second kappa shape index (κ2) is 7.17. The number of hydrogen-bond donors (Lipinski definition) is 0. The fraction of sp³-hybridized carbons (Fsp3) is 0.500. The molecule has 1 aromatic rings. The maximum atomic E-state index is 10.9. The van der Waals surface area contributed by atoms with E-state index in [0.717, 1.165) is 22.4 Å². The highest BCUT2D eigenvalue weighted by molar-refractivity contribution is 5.74. The minimum absolute atomic E-state index is 0.195. The lowest BCUT2D eigenvalue weighted by Crippen LogP contribution is -2.01. The van der Waals surface area contributed by atoms with Crippen LogP contribution in [-0.4, -0.2) is 11.9 Å². The molecule has 0 amide bonds. The Morgan fingerprint density at radius 3 is 1.71 bits per heavy atom. The van der Waals surface area contributed by atoms with Crippen LogP contribution in [0.2, 0.25) is 0 Å². The zero-order chi connectivity index (χ0) is 16.2. The summed E-state index contributed by atoms with van der Waals surface area (Å²) in [7, 11) is 0. The molecule has 0 spiro atoms. The predicted octanol–water partition coefficient (Wildman–Crippen LogP) is 5.51. The molecule has 1 aromatic carbocycles. The summed E-state index contributed by atoms with van der Waals surface area (Å²) in [5.41, 5.74) is 4.73. The fourth-order valence-electron chi connectivity index (χ4n) is 2.53. The van der Waals surface area contributed by atoms with Gasteiger partial charge in [0.05, 0.1) is 11.4 Å². The zero-order valence-electron chi connectivity index (χ0n) is 13.8. The third kappa shape index (κ3) is 3.58. The van der Waals surface area contributed by atoms with E-state index >= 15 is 0 Å². The van der Waals surface area contributed by atoms with Crippen molar-refractivity contribution in [2.24, 2.45) is 9.98 Å². The quantitative estimate of drug-likeness (QED) is 0.519. The molecule has 0 radical (unpaired) electrons. The van der Waals surface area contributed by atoms with E-state index in [0.29, 0.717) is 11.6 Å². The van der Waals surface area contributed by atoms with E-state index in [1.165, 1.54) is 0 Å². The van der Waals surface area contributed by atoms with Crippen molar-refractivity contribution < 1.29 is 4.79 Å². The highest BCUT2D eigenvalue weighted by Gasteiger charge is 2.22. The molecule has 0 saturated carbocycles. The number of hydrogen-bond acceptors (Lipinski definition) is 3. The van der Waals surface area contributed by atoms with Crippen LogP contribution < -0.4 is 0 Å². The Morgan fingerprint density at radius 2 is 1.38 bits per heavy atom. The van der Waals surface area contributed by atoms with Crippen LogP contribution >= 0.6 is 0 Å². The van der Waals surface area contributed by atoms with E-state index in [1.807, 2.05) is 0 Å². The van der Waals surface area contributed by atoms with Gasteiger partial charge in [-0.15, -0.1) is 0 Å². The van der Waals surface area contributed by atoms with E-state index in [-0.39, 0.29) is 11.8 Å². The van der Waals surface area contributed by atoms with Gasteiger partial charge in [-0.2, -0.15) is 4.99 Å². The average Bonchev–Trinajstić information content (AvgIpc) is 2.38. The van der Waals surface area contributed by atoms with Crippen molar-refractivity contribution in [2.75, 3.05) is 0 Å². The van der Waals surface area contributed by atoms with Crippen molar-refractivity contribution >= 4 is 23.3 Å². The molecule has 1 rings (SSSR count). The Hall–Kier alpha value is -1.95. The molecule has 0 saturated heterocycles. The van der Waals surface area contributed by atoms with E-state index in [9.17, 15) is 4.79 Å². The van der Waals surface area contributed by atoms with Gasteiger partial charge in [0.15, 0.2) is 0 Å². The third-order valence-electron chi connectivity index (χ3n) is 3.54. The Labute approximate surface area is 127 Å². The number of isocyanates is 1. The van der Waals surface area contributed by atoms with Crippen LogP contribution in [-0.2, 0) is 4.79 Å². The second-order valence-corrected chi connectivity index (χ2v) is 6.10. The van der Waals surface area contributed by atoms with Crippen LogP contribution in [0.25, 0.3) is 0 Å². The number of aliphatic imine (C=N–C) groups is 2. The first-order valence-electron chi connectivity index (χ1n) is 7.36. The Morgan fingerprint density at radius 1 is 0.905 bits per heavy atom. The van der Waals surface area contributed by atoms with Crippen LogP contribution in [0.5, 0.6) is 0 Å². The first-order valence-corrected chi connectivity index (χ1v) is 7.36. The summed E-state index contributed by atoms with van der Waals surface area (Å²) < 4.78 is 0. The van der Waals surface area contributed by atoms with E-state index in [4.69, 9.17) is 0 Å². The van der Waals surface area contributed by atoms with Crippen molar-refractivity contribution in [3.63, 3.8) is 0 Å². The van der Waals surface area contributed by atoms with Crippen LogP contribution in [0.3, 0.4) is 0 Å². The molecule has 0 N–H and O–H groups in total. The summed E-state index contributed by atoms with van der Waals surface area (Å²) in [6, 6.07) is 2.10. The average molecular weight is 284 g/mol. The highest BCUT2D eigenvalue weighted by atomic mass is 16.1. The van der Waals surface area contributed by atoms with Gasteiger partial charge in [-0.25, -0.2) is 9.79 Å². The molecule has 112 valence electrons. The molecule has 0 atom stereocenters. The number of nitrogens with zero attached hydrogens (tertiary/aromatic N) is 2. The molecular formula is C18H24N2O. The largest absolute Gasteiger partial charge is 0.240 e. The van der Waals surface area contributed by atoms with Gasteiger partial charge in [-0.05, 0) is 41.3 Å². The summed E-state index contributed by atoms with van der Waals surface area (Å²) in [5, 5.41) is 0. The van der Waals surface area contributed by atoms with Crippen molar-refractivity contribution in [3.05, 3.63) is 29.3 Å².